The minimum absolute atomic E-state index is 0.0479. The van der Waals surface area contributed by atoms with Gasteiger partial charge in [-0.1, -0.05) is 30.3 Å². The summed E-state index contributed by atoms with van der Waals surface area (Å²) in [6.07, 6.45) is 4.98. The Morgan fingerprint density at radius 1 is 1.28 bits per heavy atom. The highest BCUT2D eigenvalue weighted by Gasteiger charge is 2.12. The lowest BCUT2D eigenvalue weighted by atomic mass is 10.2. The van der Waals surface area contributed by atoms with Crippen LogP contribution in [0.15, 0.2) is 53.8 Å². The molecule has 3 N–H and O–H groups in total. The molecule has 0 saturated heterocycles. The summed E-state index contributed by atoms with van der Waals surface area (Å²) in [6.45, 7) is 3.55. The first-order chi connectivity index (χ1) is 14.1. The van der Waals surface area contributed by atoms with E-state index in [4.69, 9.17) is 17.1 Å². The molecular weight excluding hydrogens is 390 g/mol. The molecule has 0 spiro atoms. The molecule has 4 aromatic rings. The van der Waals surface area contributed by atoms with Crippen molar-refractivity contribution in [2.45, 2.75) is 32.7 Å². The van der Waals surface area contributed by atoms with E-state index in [1.165, 1.54) is 6.33 Å². The molecule has 0 radical (unpaired) electrons. The van der Waals surface area contributed by atoms with E-state index in [-0.39, 0.29) is 11.6 Å². The van der Waals surface area contributed by atoms with E-state index >= 15 is 0 Å². The molecule has 0 fully saturated rings. The van der Waals surface area contributed by atoms with E-state index in [0.29, 0.717) is 35.6 Å². The van der Waals surface area contributed by atoms with Crippen molar-refractivity contribution in [2.75, 3.05) is 0 Å². The van der Waals surface area contributed by atoms with Crippen LogP contribution in [0.25, 0.3) is 11.2 Å². The van der Waals surface area contributed by atoms with Crippen molar-refractivity contribution >= 4 is 23.4 Å². The zero-order valence-electron chi connectivity index (χ0n) is 15.8. The Bertz CT molecular complexity index is 1210. The molecule has 4 rings (SSSR count). The number of nitrogens with one attached hydrogen (secondary N) is 3. The number of fused-ring (bicyclic) bond motifs is 1. The quantitative estimate of drug-likeness (QED) is 0.382. The topological polar surface area (TPSA) is 106 Å². The highest BCUT2D eigenvalue weighted by molar-refractivity contribution is 7.71. The lowest BCUT2D eigenvalue weighted by Gasteiger charge is -2.17. The maximum absolute atomic E-state index is 11.9. The molecule has 0 aliphatic rings. The number of aromatic nitrogens is 6. The predicted octanol–water partition coefficient (Wildman–Crippen LogP) is 1.79. The molecule has 10 heteroatoms. The molecule has 1 unspecified atom stereocenters. The molecule has 0 bridgehead atoms. The summed E-state index contributed by atoms with van der Waals surface area (Å²) >= 11 is 5.31. The van der Waals surface area contributed by atoms with Gasteiger partial charge in [-0.3, -0.25) is 14.3 Å². The van der Waals surface area contributed by atoms with Gasteiger partial charge in [0.2, 0.25) is 0 Å². The van der Waals surface area contributed by atoms with Crippen LogP contribution < -0.4 is 15.7 Å². The lowest BCUT2D eigenvalue weighted by Crippen LogP contribution is -2.32. The summed E-state index contributed by atoms with van der Waals surface area (Å²) in [7, 11) is 0. The van der Waals surface area contributed by atoms with E-state index in [0.717, 1.165) is 11.4 Å². The number of imidazole rings is 2. The van der Waals surface area contributed by atoms with Gasteiger partial charge < -0.3 is 15.1 Å². The molecule has 1 aromatic carbocycles. The van der Waals surface area contributed by atoms with Crippen LogP contribution in [-0.2, 0) is 19.7 Å². The van der Waals surface area contributed by atoms with Gasteiger partial charge in [-0.25, -0.2) is 9.97 Å². The van der Waals surface area contributed by atoms with Gasteiger partial charge in [0.15, 0.2) is 16.2 Å². The zero-order chi connectivity index (χ0) is 20.2. The van der Waals surface area contributed by atoms with Gasteiger partial charge >= 0.3 is 0 Å². The first kappa shape index (κ1) is 19.1. The maximum atomic E-state index is 11.9. The molecule has 1 atom stereocenters. The van der Waals surface area contributed by atoms with E-state index < -0.39 is 0 Å². The van der Waals surface area contributed by atoms with Crippen molar-refractivity contribution in [3.05, 3.63) is 75.6 Å². The molecule has 0 aliphatic carbocycles. The average molecular weight is 411 g/mol. The highest BCUT2D eigenvalue weighted by atomic mass is 32.1. The maximum Gasteiger partial charge on any atom is 0.277 e. The van der Waals surface area contributed by atoms with Gasteiger partial charge in [0.25, 0.3) is 5.56 Å². The third-order valence-electron chi connectivity index (χ3n) is 4.53. The summed E-state index contributed by atoms with van der Waals surface area (Å²) < 4.78 is 3.82. The Morgan fingerprint density at radius 2 is 2.10 bits per heavy atom. The summed E-state index contributed by atoms with van der Waals surface area (Å²) in [6, 6.07) is 10.0. The molecule has 0 saturated carbocycles. The monoisotopic (exact) mass is 411 g/mol. The predicted molar refractivity (Wildman–Crippen MR) is 111 cm³/mol. The van der Waals surface area contributed by atoms with E-state index in [2.05, 4.69) is 25.3 Å². The van der Waals surface area contributed by atoms with E-state index in [1.54, 1.807) is 21.7 Å². The van der Waals surface area contributed by atoms with Gasteiger partial charge in [0, 0.05) is 18.8 Å². The van der Waals surface area contributed by atoms with Crippen molar-refractivity contribution in [3.8, 4) is 0 Å². The van der Waals surface area contributed by atoms with Gasteiger partial charge in [0.1, 0.15) is 12.1 Å². The third-order valence-corrected chi connectivity index (χ3v) is 4.85. The number of nitrogens with zero attached hydrogens (tertiary/aromatic N) is 4. The summed E-state index contributed by atoms with van der Waals surface area (Å²) in [5, 5.41) is 3.41. The zero-order valence-corrected chi connectivity index (χ0v) is 16.6. The Hall–Kier alpha value is -3.24. The van der Waals surface area contributed by atoms with Gasteiger partial charge in [-0.2, -0.15) is 4.73 Å². The van der Waals surface area contributed by atoms with Crippen molar-refractivity contribution in [3.63, 3.8) is 0 Å². The molecular formula is C19H21N7O2S. The van der Waals surface area contributed by atoms with E-state index in [1.807, 2.05) is 37.3 Å². The fraction of sp³-hybridized carbons (Fsp3) is 0.263. The summed E-state index contributed by atoms with van der Waals surface area (Å²) in [5.74, 6) is 0.766. The van der Waals surface area contributed by atoms with Crippen LogP contribution in [0.5, 0.6) is 0 Å². The number of rotatable bonds is 8. The minimum Gasteiger partial charge on any atom is -0.408 e. The second-order valence-electron chi connectivity index (χ2n) is 6.68. The Labute approximate surface area is 171 Å². The number of aromatic amines is 2. The highest BCUT2D eigenvalue weighted by Crippen LogP contribution is 2.06. The second-order valence-corrected chi connectivity index (χ2v) is 7.07. The van der Waals surface area contributed by atoms with Crippen molar-refractivity contribution in [1.82, 2.24) is 34.6 Å². The normalized spacial score (nSPS) is 12.3. The third kappa shape index (κ3) is 4.28. The standard InChI is InChI=1S/C19H21N7O2S/c1-13(10-25-17-16(22-12-23-17)18(27)24-19(25)29)21-9-15-20-7-8-26(15)28-11-14-5-3-2-4-6-14/h2-8,12-13,21H,9-11H2,1H3,(H,22,23)(H,24,27,29). The molecule has 150 valence electrons. The van der Waals surface area contributed by atoms with Gasteiger partial charge in [0.05, 0.1) is 19.1 Å². The number of benzene rings is 1. The van der Waals surface area contributed by atoms with Crippen LogP contribution in [0.3, 0.4) is 0 Å². The van der Waals surface area contributed by atoms with Crippen molar-refractivity contribution in [2.24, 2.45) is 0 Å². The number of hydrogen-bond acceptors (Lipinski definition) is 6. The number of hydrogen-bond donors (Lipinski definition) is 3. The van der Waals surface area contributed by atoms with Crippen molar-refractivity contribution < 1.29 is 4.84 Å². The fourth-order valence-corrected chi connectivity index (χ4v) is 3.29. The lowest BCUT2D eigenvalue weighted by molar-refractivity contribution is 0.0890. The Morgan fingerprint density at radius 3 is 2.93 bits per heavy atom. The molecule has 0 amide bonds. The Kier molecular flexibility index (Phi) is 5.54. The van der Waals surface area contributed by atoms with Crippen LogP contribution >= 0.6 is 12.2 Å². The summed E-state index contributed by atoms with van der Waals surface area (Å²) in [4.78, 5) is 31.9. The van der Waals surface area contributed by atoms with Gasteiger partial charge in [-0.15, -0.1) is 0 Å². The van der Waals surface area contributed by atoms with Crippen molar-refractivity contribution in [1.29, 1.82) is 0 Å². The molecule has 9 nitrogen and oxygen atoms in total. The van der Waals surface area contributed by atoms with Crippen LogP contribution in [0, 0.1) is 4.77 Å². The van der Waals surface area contributed by atoms with E-state index in [9.17, 15) is 4.79 Å². The molecule has 3 heterocycles. The van der Waals surface area contributed by atoms with Gasteiger partial charge in [-0.05, 0) is 24.7 Å². The fourth-order valence-electron chi connectivity index (χ4n) is 3.04. The smallest absolute Gasteiger partial charge is 0.277 e. The van der Waals surface area contributed by atoms with Crippen LogP contribution in [0.1, 0.15) is 18.3 Å². The Balaban J connectivity index is 1.39. The van der Waals surface area contributed by atoms with Crippen LogP contribution in [-0.4, -0.2) is 35.3 Å². The minimum atomic E-state index is -0.267. The van der Waals surface area contributed by atoms with Crippen LogP contribution in [0.2, 0.25) is 0 Å². The molecule has 3 aromatic heterocycles. The van der Waals surface area contributed by atoms with Crippen LogP contribution in [0.4, 0.5) is 0 Å². The first-order valence-corrected chi connectivity index (χ1v) is 9.61. The molecule has 29 heavy (non-hydrogen) atoms. The SMILES string of the molecule is CC(Cn1c(=S)[nH]c(=O)c2[nH]cnc21)NCc1nccn1OCc1ccccc1. The number of H-pyrrole nitrogens is 2. The average Bonchev–Trinajstić information content (AvgIpc) is 3.38. The largest absolute Gasteiger partial charge is 0.408 e. The second kappa shape index (κ2) is 8.41. The summed E-state index contributed by atoms with van der Waals surface area (Å²) in [5.41, 5.74) is 1.77. The molecule has 0 aliphatic heterocycles. The first-order valence-electron chi connectivity index (χ1n) is 9.21.